The molecule has 2 aromatic carbocycles. The predicted molar refractivity (Wildman–Crippen MR) is 109 cm³/mol. The van der Waals surface area contributed by atoms with Gasteiger partial charge in [0.25, 0.3) is 0 Å². The molecule has 0 bridgehead atoms. The average Bonchev–Trinajstić information content (AvgIpc) is 3.05. The van der Waals surface area contributed by atoms with E-state index in [1.807, 2.05) is 53.2 Å². The van der Waals surface area contributed by atoms with E-state index in [4.69, 9.17) is 9.84 Å². The van der Waals surface area contributed by atoms with E-state index in [0.717, 1.165) is 43.8 Å². The first kappa shape index (κ1) is 18.2. The summed E-state index contributed by atoms with van der Waals surface area (Å²) >= 11 is 5.09. The number of benzene rings is 2. The molecular formula is C17H14Br2N4OS. The van der Waals surface area contributed by atoms with Crippen molar-refractivity contribution in [1.82, 2.24) is 14.9 Å². The minimum atomic E-state index is 0. The third kappa shape index (κ3) is 3.65. The maximum absolute atomic E-state index is 5.21. The van der Waals surface area contributed by atoms with E-state index in [1.165, 1.54) is 0 Å². The lowest BCUT2D eigenvalue weighted by molar-refractivity contribution is 0.415. The molecule has 4 rings (SSSR count). The molecule has 0 saturated heterocycles. The lowest BCUT2D eigenvalue weighted by Gasteiger charge is -2.14. The Kier molecular flexibility index (Phi) is 5.61. The van der Waals surface area contributed by atoms with Gasteiger partial charge in [0.15, 0.2) is 5.82 Å². The summed E-state index contributed by atoms with van der Waals surface area (Å²) in [5, 5.41) is 14.1. The second-order valence-corrected chi connectivity index (χ2v) is 7.05. The fourth-order valence-electron chi connectivity index (χ4n) is 2.43. The molecule has 0 saturated carbocycles. The summed E-state index contributed by atoms with van der Waals surface area (Å²) in [5.74, 6) is 2.35. The number of hydrogen-bond donors (Lipinski definition) is 0. The number of rotatable bonds is 3. The van der Waals surface area contributed by atoms with Gasteiger partial charge in [-0.05, 0) is 42.0 Å². The molecule has 2 heterocycles. The van der Waals surface area contributed by atoms with Crippen LogP contribution in [0.3, 0.4) is 0 Å². The molecule has 1 aliphatic heterocycles. The number of ether oxygens (including phenoxy) is 1. The van der Waals surface area contributed by atoms with Crippen molar-refractivity contribution in [1.29, 1.82) is 0 Å². The fraction of sp³-hybridized carbons (Fsp3) is 0.118. The summed E-state index contributed by atoms with van der Waals surface area (Å²) in [5.41, 5.74) is 3.05. The molecule has 1 aliphatic rings. The molecule has 0 spiro atoms. The van der Waals surface area contributed by atoms with E-state index in [-0.39, 0.29) is 17.0 Å². The average molecular weight is 482 g/mol. The number of halogens is 2. The number of aromatic nitrogens is 3. The summed E-state index contributed by atoms with van der Waals surface area (Å²) < 4.78 is 8.06. The van der Waals surface area contributed by atoms with Gasteiger partial charge in [-0.25, -0.2) is 0 Å². The molecule has 1 aromatic heterocycles. The quantitative estimate of drug-likeness (QED) is 0.546. The number of hydrogen-bond acceptors (Lipinski definition) is 5. The maximum Gasteiger partial charge on any atom is 0.212 e. The van der Waals surface area contributed by atoms with Crippen molar-refractivity contribution in [3.8, 4) is 17.1 Å². The highest BCUT2D eigenvalue weighted by molar-refractivity contribution is 9.10. The van der Waals surface area contributed by atoms with Gasteiger partial charge in [-0.15, -0.1) is 27.2 Å². The Morgan fingerprint density at radius 2 is 1.68 bits per heavy atom. The van der Waals surface area contributed by atoms with Gasteiger partial charge >= 0.3 is 0 Å². The van der Waals surface area contributed by atoms with Gasteiger partial charge in [-0.1, -0.05) is 39.8 Å². The minimum absolute atomic E-state index is 0. The van der Waals surface area contributed by atoms with Crippen LogP contribution in [0.2, 0.25) is 0 Å². The third-order valence-electron chi connectivity index (χ3n) is 3.70. The van der Waals surface area contributed by atoms with Crippen LogP contribution in [-0.4, -0.2) is 33.4 Å². The van der Waals surface area contributed by atoms with E-state index in [2.05, 4.69) is 26.1 Å². The molecular weight excluding hydrogens is 468 g/mol. The second-order valence-electron chi connectivity index (χ2n) is 5.19. The summed E-state index contributed by atoms with van der Waals surface area (Å²) in [4.78, 5) is 0. The van der Waals surface area contributed by atoms with Crippen molar-refractivity contribution in [3.63, 3.8) is 0 Å². The highest BCUT2D eigenvalue weighted by atomic mass is 79.9. The summed E-state index contributed by atoms with van der Waals surface area (Å²) in [6, 6.07) is 15.9. The molecule has 8 heteroatoms. The van der Waals surface area contributed by atoms with Crippen LogP contribution in [-0.2, 0) is 0 Å². The SMILES string of the molecule is Br.COc1ccc(C2=Nn3c(nnc3-c3ccc(Br)cc3)SC2)cc1. The second kappa shape index (κ2) is 7.72. The van der Waals surface area contributed by atoms with Gasteiger partial charge in [0, 0.05) is 15.8 Å². The first-order valence-electron chi connectivity index (χ1n) is 7.31. The van der Waals surface area contributed by atoms with Crippen molar-refractivity contribution in [2.45, 2.75) is 5.16 Å². The highest BCUT2D eigenvalue weighted by Crippen LogP contribution is 2.29. The van der Waals surface area contributed by atoms with E-state index < -0.39 is 0 Å². The summed E-state index contributed by atoms with van der Waals surface area (Å²) in [7, 11) is 1.66. The highest BCUT2D eigenvalue weighted by Gasteiger charge is 2.20. The van der Waals surface area contributed by atoms with Gasteiger partial charge in [-0.2, -0.15) is 9.78 Å². The Balaban J connectivity index is 0.00000182. The van der Waals surface area contributed by atoms with Gasteiger partial charge in [-0.3, -0.25) is 0 Å². The largest absolute Gasteiger partial charge is 0.497 e. The smallest absolute Gasteiger partial charge is 0.212 e. The normalized spacial score (nSPS) is 12.8. The fourth-order valence-corrected chi connectivity index (χ4v) is 3.53. The van der Waals surface area contributed by atoms with Crippen LogP contribution in [0, 0.1) is 0 Å². The standard InChI is InChI=1S/C17H13BrN4OS.BrH/c1-23-14-8-4-11(5-9-14)15-10-24-17-20-19-16(22(17)21-15)12-2-6-13(18)7-3-12;/h2-9H,10H2,1H3;1H. The van der Waals surface area contributed by atoms with Crippen molar-refractivity contribution >= 4 is 50.4 Å². The van der Waals surface area contributed by atoms with Crippen molar-refractivity contribution in [2.75, 3.05) is 12.9 Å². The number of nitrogens with zero attached hydrogens (tertiary/aromatic N) is 4. The maximum atomic E-state index is 5.21. The van der Waals surface area contributed by atoms with E-state index in [1.54, 1.807) is 18.9 Å². The Labute approximate surface area is 168 Å². The zero-order valence-electron chi connectivity index (χ0n) is 13.2. The molecule has 0 aliphatic carbocycles. The Morgan fingerprint density at radius 3 is 2.36 bits per heavy atom. The van der Waals surface area contributed by atoms with E-state index >= 15 is 0 Å². The van der Waals surface area contributed by atoms with Crippen molar-refractivity contribution < 1.29 is 4.74 Å². The molecule has 3 aromatic rings. The van der Waals surface area contributed by atoms with Crippen LogP contribution in [0.5, 0.6) is 5.75 Å². The first-order chi connectivity index (χ1) is 11.7. The monoisotopic (exact) mass is 480 g/mol. The van der Waals surface area contributed by atoms with Gasteiger partial charge in [0.2, 0.25) is 5.16 Å². The van der Waals surface area contributed by atoms with Crippen LogP contribution in [0.4, 0.5) is 0 Å². The number of methoxy groups -OCH3 is 1. The number of thioether (sulfide) groups is 1. The molecule has 0 atom stereocenters. The molecule has 25 heavy (non-hydrogen) atoms. The molecule has 5 nitrogen and oxygen atoms in total. The van der Waals surface area contributed by atoms with E-state index in [9.17, 15) is 0 Å². The number of fused-ring (bicyclic) bond motifs is 1. The minimum Gasteiger partial charge on any atom is -0.497 e. The molecule has 0 unspecified atom stereocenters. The van der Waals surface area contributed by atoms with Crippen LogP contribution in [0.25, 0.3) is 11.4 Å². The van der Waals surface area contributed by atoms with Crippen LogP contribution >= 0.6 is 44.7 Å². The molecule has 0 fully saturated rings. The van der Waals surface area contributed by atoms with Crippen LogP contribution in [0.15, 0.2) is 63.3 Å². The summed E-state index contributed by atoms with van der Waals surface area (Å²) in [6.45, 7) is 0. The van der Waals surface area contributed by atoms with Crippen LogP contribution in [0.1, 0.15) is 5.56 Å². The Hall–Kier alpha value is -1.64. The third-order valence-corrected chi connectivity index (χ3v) is 5.16. The van der Waals surface area contributed by atoms with Crippen LogP contribution < -0.4 is 4.74 Å². The van der Waals surface area contributed by atoms with E-state index in [0.29, 0.717) is 0 Å². The topological polar surface area (TPSA) is 52.3 Å². The zero-order chi connectivity index (χ0) is 16.5. The summed E-state index contributed by atoms with van der Waals surface area (Å²) in [6.07, 6.45) is 0. The van der Waals surface area contributed by atoms with Gasteiger partial charge in [0.1, 0.15) is 5.75 Å². The predicted octanol–water partition coefficient (Wildman–Crippen LogP) is 4.65. The Morgan fingerprint density at radius 1 is 1.00 bits per heavy atom. The molecule has 128 valence electrons. The van der Waals surface area contributed by atoms with Gasteiger partial charge < -0.3 is 4.74 Å². The van der Waals surface area contributed by atoms with Crippen molar-refractivity contribution in [3.05, 3.63) is 58.6 Å². The first-order valence-corrected chi connectivity index (χ1v) is 9.09. The molecule has 0 radical (unpaired) electrons. The zero-order valence-corrected chi connectivity index (χ0v) is 17.3. The van der Waals surface area contributed by atoms with Gasteiger partial charge in [0.05, 0.1) is 12.8 Å². The molecule has 0 N–H and O–H groups in total. The van der Waals surface area contributed by atoms with Crippen molar-refractivity contribution in [2.24, 2.45) is 5.10 Å². The lowest BCUT2D eigenvalue weighted by Crippen LogP contribution is -2.13. The molecule has 0 amide bonds. The Bertz CT molecular complexity index is 907. The lowest BCUT2D eigenvalue weighted by atomic mass is 10.1.